The lowest BCUT2D eigenvalue weighted by Crippen LogP contribution is -2.58. The molecule has 10 heteroatoms. The molecular formula is C32H36N2O8. The highest BCUT2D eigenvalue weighted by Gasteiger charge is 2.60. The van der Waals surface area contributed by atoms with Crippen molar-refractivity contribution in [2.45, 2.75) is 50.7 Å². The first-order valence-electron chi connectivity index (χ1n) is 13.9. The Kier molecular flexibility index (Phi) is 7.19. The summed E-state index contributed by atoms with van der Waals surface area (Å²) in [5.41, 5.74) is 3.88. The van der Waals surface area contributed by atoms with Crippen LogP contribution in [0.25, 0.3) is 5.76 Å². The molecule has 1 unspecified atom stereocenters. The SMILES string of the molecule is COc1c(CN(C)CC(C)(C)c2ccccc2)cc(O)c2c1CC1C[C@H]3CC(=O)C(C(N)=O)=C(O)[C@@]3(O)C(=O)C1=C2O. The summed E-state index contributed by atoms with van der Waals surface area (Å²) in [5, 5.41) is 44.6. The largest absolute Gasteiger partial charge is 0.508 e. The fourth-order valence-electron chi connectivity index (χ4n) is 7.11. The van der Waals surface area contributed by atoms with E-state index < -0.39 is 52.0 Å². The number of aliphatic hydroxyl groups is 3. The lowest BCUT2D eigenvalue weighted by molar-refractivity contribution is -0.147. The second-order valence-electron chi connectivity index (χ2n) is 12.3. The number of carbonyl (C=O) groups is 3. The van der Waals surface area contributed by atoms with Gasteiger partial charge in [-0.05, 0) is 37.4 Å². The maximum atomic E-state index is 13.7. The monoisotopic (exact) mass is 576 g/mol. The van der Waals surface area contributed by atoms with E-state index in [2.05, 4.69) is 30.9 Å². The van der Waals surface area contributed by atoms with Gasteiger partial charge in [-0.1, -0.05) is 44.2 Å². The number of nitrogens with two attached hydrogens (primary N) is 1. The zero-order valence-corrected chi connectivity index (χ0v) is 24.1. The summed E-state index contributed by atoms with van der Waals surface area (Å²) in [6.07, 6.45) is -0.132. The van der Waals surface area contributed by atoms with Crippen molar-refractivity contribution in [3.05, 3.63) is 75.6 Å². The summed E-state index contributed by atoms with van der Waals surface area (Å²) in [6, 6.07) is 11.6. The van der Waals surface area contributed by atoms with E-state index in [1.807, 2.05) is 25.2 Å². The van der Waals surface area contributed by atoms with E-state index in [9.17, 15) is 34.8 Å². The lowest BCUT2D eigenvalue weighted by atomic mass is 9.59. The van der Waals surface area contributed by atoms with Crippen LogP contribution in [0.3, 0.4) is 0 Å². The van der Waals surface area contributed by atoms with Gasteiger partial charge < -0.3 is 35.8 Å². The molecule has 2 aromatic carbocycles. The fraction of sp³-hybridized carbons (Fsp3) is 0.406. The minimum Gasteiger partial charge on any atom is -0.508 e. The van der Waals surface area contributed by atoms with Crippen LogP contribution in [-0.2, 0) is 32.8 Å². The number of hydrogen-bond acceptors (Lipinski definition) is 9. The molecule has 10 nitrogen and oxygen atoms in total. The molecule has 3 aliphatic rings. The number of benzene rings is 2. The van der Waals surface area contributed by atoms with Crippen molar-refractivity contribution in [3.63, 3.8) is 0 Å². The number of nitrogens with zero attached hydrogens (tertiary/aromatic N) is 1. The quantitative estimate of drug-likeness (QED) is 0.311. The molecule has 1 fully saturated rings. The Hall–Kier alpha value is -4.15. The first-order valence-corrected chi connectivity index (χ1v) is 13.9. The van der Waals surface area contributed by atoms with Crippen LogP contribution < -0.4 is 10.5 Å². The standard InChI is InChI=1S/C32H36N2O8/c1-31(2,18-8-6-5-7-9-18)15-34(3)14-17-12-21(35)24-20(27(17)42-4)11-16-10-19-13-22(36)25(30(33)40)29(39)32(19,41)28(38)23(16)26(24)37/h5-9,12,16,19,35,37,39,41H,10-11,13-15H2,1-4H3,(H2,33,40)/t16?,19-,32-/m0/s1. The molecule has 0 aliphatic heterocycles. The molecule has 222 valence electrons. The van der Waals surface area contributed by atoms with Crippen LogP contribution in [0.5, 0.6) is 11.5 Å². The molecule has 3 aliphatic carbocycles. The van der Waals surface area contributed by atoms with Crippen LogP contribution in [0, 0.1) is 11.8 Å². The number of primary amides is 1. The number of ether oxygens (including phenoxy) is 1. The number of rotatable bonds is 7. The topological polar surface area (TPSA) is 171 Å². The van der Waals surface area contributed by atoms with Gasteiger partial charge in [0.15, 0.2) is 11.4 Å². The van der Waals surface area contributed by atoms with Gasteiger partial charge in [0, 0.05) is 47.5 Å². The molecule has 0 spiro atoms. The molecular weight excluding hydrogens is 540 g/mol. The zero-order valence-electron chi connectivity index (χ0n) is 24.1. The summed E-state index contributed by atoms with van der Waals surface area (Å²) in [7, 11) is 3.47. The predicted octanol–water partition coefficient (Wildman–Crippen LogP) is 2.84. The normalized spacial score (nSPS) is 24.0. The summed E-state index contributed by atoms with van der Waals surface area (Å²) in [6.45, 7) is 5.43. The maximum absolute atomic E-state index is 13.7. The second kappa shape index (κ2) is 10.3. The number of phenolic OH excluding ortho intramolecular Hbond substituents is 1. The Labute approximate surface area is 243 Å². The van der Waals surface area contributed by atoms with E-state index in [4.69, 9.17) is 10.5 Å². The molecule has 2 aromatic rings. The third kappa shape index (κ3) is 4.46. The average Bonchev–Trinajstić information content (AvgIpc) is 2.90. The van der Waals surface area contributed by atoms with Crippen LogP contribution >= 0.6 is 0 Å². The van der Waals surface area contributed by atoms with Crippen molar-refractivity contribution >= 4 is 23.2 Å². The van der Waals surface area contributed by atoms with Gasteiger partial charge in [-0.3, -0.25) is 14.4 Å². The number of phenols is 1. The number of fused-ring (bicyclic) bond motifs is 3. The smallest absolute Gasteiger partial charge is 0.255 e. The van der Waals surface area contributed by atoms with Gasteiger partial charge >= 0.3 is 0 Å². The Morgan fingerprint density at radius 1 is 1.14 bits per heavy atom. The van der Waals surface area contributed by atoms with Gasteiger partial charge in [-0.25, -0.2) is 0 Å². The van der Waals surface area contributed by atoms with Crippen molar-refractivity contribution in [3.8, 4) is 11.5 Å². The van der Waals surface area contributed by atoms with Gasteiger partial charge in [0.2, 0.25) is 5.78 Å². The van der Waals surface area contributed by atoms with E-state index in [0.29, 0.717) is 30.0 Å². The van der Waals surface area contributed by atoms with Gasteiger partial charge in [-0.15, -0.1) is 0 Å². The summed E-state index contributed by atoms with van der Waals surface area (Å²) in [4.78, 5) is 40.2. The molecule has 1 saturated carbocycles. The fourth-order valence-corrected chi connectivity index (χ4v) is 7.11. The number of ketones is 2. The number of methoxy groups -OCH3 is 1. The minimum absolute atomic E-state index is 0.00926. The molecule has 0 bridgehead atoms. The van der Waals surface area contributed by atoms with E-state index >= 15 is 0 Å². The Morgan fingerprint density at radius 3 is 2.43 bits per heavy atom. The van der Waals surface area contributed by atoms with Crippen molar-refractivity contribution < 1.29 is 39.5 Å². The average molecular weight is 577 g/mol. The van der Waals surface area contributed by atoms with E-state index in [1.54, 1.807) is 0 Å². The summed E-state index contributed by atoms with van der Waals surface area (Å²) < 4.78 is 5.81. The number of aromatic hydroxyl groups is 1. The van der Waals surface area contributed by atoms with Crippen LogP contribution in [0.15, 0.2) is 53.3 Å². The molecule has 0 saturated heterocycles. The van der Waals surface area contributed by atoms with Gasteiger partial charge in [-0.2, -0.15) is 0 Å². The Bertz CT molecular complexity index is 1560. The third-order valence-electron chi connectivity index (χ3n) is 8.96. The third-order valence-corrected chi connectivity index (χ3v) is 8.96. The van der Waals surface area contributed by atoms with Crippen molar-refractivity contribution in [1.82, 2.24) is 4.90 Å². The molecule has 42 heavy (non-hydrogen) atoms. The van der Waals surface area contributed by atoms with Crippen LogP contribution in [0.2, 0.25) is 0 Å². The summed E-state index contributed by atoms with van der Waals surface area (Å²) >= 11 is 0. The van der Waals surface area contributed by atoms with Crippen LogP contribution in [0.1, 0.15) is 48.9 Å². The molecule has 6 N–H and O–H groups in total. The van der Waals surface area contributed by atoms with Gasteiger partial charge in [0.05, 0.1) is 12.7 Å². The van der Waals surface area contributed by atoms with Gasteiger partial charge in [0.25, 0.3) is 5.91 Å². The molecule has 5 rings (SSSR count). The number of likely N-dealkylation sites (N-methyl/N-ethyl adjacent to an activating group) is 1. The number of carbonyl (C=O) groups excluding carboxylic acids is 3. The maximum Gasteiger partial charge on any atom is 0.255 e. The van der Waals surface area contributed by atoms with E-state index in [1.165, 1.54) is 18.7 Å². The van der Waals surface area contributed by atoms with E-state index in [-0.39, 0.29) is 41.6 Å². The molecule has 1 amide bonds. The van der Waals surface area contributed by atoms with Gasteiger partial charge in [0.1, 0.15) is 28.6 Å². The highest BCUT2D eigenvalue weighted by Crippen LogP contribution is 2.53. The second-order valence-corrected chi connectivity index (χ2v) is 12.3. The van der Waals surface area contributed by atoms with Crippen LogP contribution in [0.4, 0.5) is 0 Å². The lowest BCUT2D eigenvalue weighted by Gasteiger charge is -2.46. The number of aliphatic hydroxyl groups excluding tert-OH is 2. The first-order chi connectivity index (χ1) is 19.7. The van der Waals surface area contributed by atoms with Crippen molar-refractivity contribution in [2.24, 2.45) is 17.6 Å². The van der Waals surface area contributed by atoms with Crippen molar-refractivity contribution in [2.75, 3.05) is 20.7 Å². The highest BCUT2D eigenvalue weighted by molar-refractivity contribution is 6.22. The van der Waals surface area contributed by atoms with Crippen LogP contribution in [-0.4, -0.2) is 69.1 Å². The minimum atomic E-state index is -2.59. The molecule has 0 radical (unpaired) electrons. The molecule has 0 aromatic heterocycles. The first kappa shape index (κ1) is 29.3. The number of amides is 1. The number of Topliss-reactive ketones (excluding diaryl/α,β-unsaturated/α-hetero) is 2. The Morgan fingerprint density at radius 2 is 1.81 bits per heavy atom. The highest BCUT2D eigenvalue weighted by atomic mass is 16.5. The number of hydrogen-bond donors (Lipinski definition) is 5. The Balaban J connectivity index is 1.53. The van der Waals surface area contributed by atoms with Crippen molar-refractivity contribution in [1.29, 1.82) is 0 Å². The zero-order chi connectivity index (χ0) is 30.7. The summed E-state index contributed by atoms with van der Waals surface area (Å²) in [5.74, 6) is -6.13. The molecule has 3 atom stereocenters. The predicted molar refractivity (Wildman–Crippen MR) is 154 cm³/mol. The molecule has 0 heterocycles. The van der Waals surface area contributed by atoms with E-state index in [0.717, 1.165) is 0 Å².